The molecule has 1 fully saturated rings. The molecular weight excluding hydrogens is 338 g/mol. The quantitative estimate of drug-likeness (QED) is 0.710. The average molecular weight is 361 g/mol. The van der Waals surface area contributed by atoms with Gasteiger partial charge in [-0.1, -0.05) is 24.3 Å². The second kappa shape index (κ2) is 7.74. The minimum Gasteiger partial charge on any atom is -0.480 e. The molecule has 0 N–H and O–H groups in total. The van der Waals surface area contributed by atoms with Crippen LogP contribution < -0.4 is 4.74 Å². The number of methoxy groups -OCH3 is 1. The van der Waals surface area contributed by atoms with Crippen LogP contribution in [0.5, 0.6) is 5.88 Å². The Balaban J connectivity index is 1.52. The van der Waals surface area contributed by atoms with Gasteiger partial charge in [0.05, 0.1) is 12.6 Å². The summed E-state index contributed by atoms with van der Waals surface area (Å²) in [6, 6.07) is 14.0. The molecule has 5 heteroatoms. The van der Waals surface area contributed by atoms with E-state index >= 15 is 0 Å². The van der Waals surface area contributed by atoms with Crippen molar-refractivity contribution in [1.29, 1.82) is 0 Å². The Labute approximate surface area is 159 Å². The van der Waals surface area contributed by atoms with Crippen LogP contribution in [0.25, 0.3) is 10.9 Å². The molecule has 1 aliphatic heterocycles. The Morgan fingerprint density at radius 1 is 1.15 bits per heavy atom. The third-order valence-corrected chi connectivity index (χ3v) is 5.23. The summed E-state index contributed by atoms with van der Waals surface area (Å²) in [5, 5.41) is 1.17. The molecule has 3 aromatic rings. The maximum atomic E-state index is 13.0. The van der Waals surface area contributed by atoms with E-state index in [1.54, 1.807) is 25.4 Å². The number of rotatable bonds is 4. The topological polar surface area (TPSA) is 55.3 Å². The molecule has 27 heavy (non-hydrogen) atoms. The Hall–Kier alpha value is -2.95. The van der Waals surface area contributed by atoms with Crippen molar-refractivity contribution in [3.05, 3.63) is 66.0 Å². The third kappa shape index (κ3) is 3.63. The fourth-order valence-corrected chi connectivity index (χ4v) is 3.95. The monoisotopic (exact) mass is 361 g/mol. The predicted molar refractivity (Wildman–Crippen MR) is 105 cm³/mol. The number of nitrogens with zero attached hydrogens (tertiary/aromatic N) is 3. The van der Waals surface area contributed by atoms with Crippen LogP contribution in [0.2, 0.25) is 0 Å². The van der Waals surface area contributed by atoms with Gasteiger partial charge in [0.1, 0.15) is 5.56 Å². The van der Waals surface area contributed by atoms with E-state index in [1.807, 2.05) is 17.2 Å². The van der Waals surface area contributed by atoms with Gasteiger partial charge in [-0.05, 0) is 48.9 Å². The summed E-state index contributed by atoms with van der Waals surface area (Å²) in [5.74, 6) is 0.821. The highest BCUT2D eigenvalue weighted by Gasteiger charge is 2.27. The van der Waals surface area contributed by atoms with E-state index in [0.29, 0.717) is 17.4 Å². The molecule has 0 bridgehead atoms. The summed E-state index contributed by atoms with van der Waals surface area (Å²) in [5.41, 5.74) is 2.86. The van der Waals surface area contributed by atoms with Gasteiger partial charge in [0.25, 0.3) is 5.91 Å². The molecule has 5 nitrogen and oxygen atoms in total. The molecule has 1 aromatic carbocycles. The minimum absolute atomic E-state index is 0.000643. The van der Waals surface area contributed by atoms with Gasteiger partial charge in [-0.25, -0.2) is 4.98 Å². The molecule has 0 saturated carbocycles. The van der Waals surface area contributed by atoms with E-state index in [-0.39, 0.29) is 5.91 Å². The first kappa shape index (κ1) is 17.5. The maximum absolute atomic E-state index is 13.0. The van der Waals surface area contributed by atoms with Gasteiger partial charge in [-0.2, -0.15) is 0 Å². The van der Waals surface area contributed by atoms with E-state index in [4.69, 9.17) is 4.74 Å². The van der Waals surface area contributed by atoms with Gasteiger partial charge in [-0.3, -0.25) is 9.78 Å². The van der Waals surface area contributed by atoms with Gasteiger partial charge >= 0.3 is 0 Å². The van der Waals surface area contributed by atoms with Gasteiger partial charge < -0.3 is 9.64 Å². The molecule has 1 saturated heterocycles. The first-order chi connectivity index (χ1) is 13.3. The fourth-order valence-electron chi connectivity index (χ4n) is 3.95. The van der Waals surface area contributed by atoms with E-state index < -0.39 is 0 Å². The number of para-hydroxylation sites is 1. The van der Waals surface area contributed by atoms with Crippen LogP contribution in [-0.4, -0.2) is 41.0 Å². The Morgan fingerprint density at radius 2 is 1.96 bits per heavy atom. The predicted octanol–water partition coefficient (Wildman–Crippen LogP) is 3.73. The lowest BCUT2D eigenvalue weighted by Crippen LogP contribution is -2.40. The highest BCUT2D eigenvalue weighted by atomic mass is 16.5. The molecule has 3 heterocycles. The highest BCUT2D eigenvalue weighted by molar-refractivity contribution is 5.96. The number of pyridine rings is 2. The minimum atomic E-state index is 0.000643. The molecule has 1 atom stereocenters. The van der Waals surface area contributed by atoms with Gasteiger partial charge in [-0.15, -0.1) is 0 Å². The normalized spacial score (nSPS) is 17.1. The van der Waals surface area contributed by atoms with Crippen LogP contribution in [0.3, 0.4) is 0 Å². The zero-order chi connectivity index (χ0) is 18.6. The summed E-state index contributed by atoms with van der Waals surface area (Å²) >= 11 is 0. The number of benzene rings is 1. The number of likely N-dealkylation sites (tertiary alicyclic amines) is 1. The van der Waals surface area contributed by atoms with Gasteiger partial charge in [0, 0.05) is 30.9 Å². The molecule has 1 aliphatic rings. The van der Waals surface area contributed by atoms with Crippen molar-refractivity contribution < 1.29 is 9.53 Å². The summed E-state index contributed by atoms with van der Waals surface area (Å²) in [7, 11) is 1.55. The Bertz CT molecular complexity index is 952. The van der Waals surface area contributed by atoms with Crippen molar-refractivity contribution in [2.24, 2.45) is 5.92 Å². The lowest BCUT2D eigenvalue weighted by atomic mass is 9.90. The number of hydrogen-bond donors (Lipinski definition) is 0. The smallest absolute Gasteiger partial charge is 0.259 e. The standard InChI is InChI=1S/C22H23N3O2/c1-27-21-19(10-4-12-24-21)22(26)25-13-5-6-16(15-25)14-18-8-2-7-17-9-3-11-23-20(17)18/h2-4,7-12,16H,5-6,13-15H2,1H3/t16-/m0/s1. The highest BCUT2D eigenvalue weighted by Crippen LogP contribution is 2.26. The van der Waals surface area contributed by atoms with Crippen LogP contribution in [0.1, 0.15) is 28.8 Å². The van der Waals surface area contributed by atoms with E-state index in [9.17, 15) is 4.79 Å². The lowest BCUT2D eigenvalue weighted by molar-refractivity contribution is 0.0669. The zero-order valence-electron chi connectivity index (χ0n) is 15.5. The summed E-state index contributed by atoms with van der Waals surface area (Å²) < 4.78 is 5.26. The second-order valence-electron chi connectivity index (χ2n) is 7.02. The summed E-state index contributed by atoms with van der Waals surface area (Å²) in [6.45, 7) is 1.53. The molecule has 2 aromatic heterocycles. The Kier molecular flexibility index (Phi) is 5.01. The van der Waals surface area contributed by atoms with Crippen molar-refractivity contribution in [1.82, 2.24) is 14.9 Å². The van der Waals surface area contributed by atoms with Crippen molar-refractivity contribution in [3.8, 4) is 5.88 Å². The number of piperidine rings is 1. The zero-order valence-corrected chi connectivity index (χ0v) is 15.5. The maximum Gasteiger partial charge on any atom is 0.259 e. The molecular formula is C22H23N3O2. The molecule has 0 radical (unpaired) electrons. The average Bonchev–Trinajstić information content (AvgIpc) is 2.73. The fraction of sp³-hybridized carbons (Fsp3) is 0.318. The van der Waals surface area contributed by atoms with Crippen LogP contribution in [-0.2, 0) is 6.42 Å². The van der Waals surface area contributed by atoms with Crippen molar-refractivity contribution in [2.45, 2.75) is 19.3 Å². The third-order valence-electron chi connectivity index (χ3n) is 5.23. The molecule has 138 valence electrons. The molecule has 0 aliphatic carbocycles. The van der Waals surface area contributed by atoms with Crippen LogP contribution in [0.15, 0.2) is 54.9 Å². The van der Waals surface area contributed by atoms with Crippen LogP contribution in [0, 0.1) is 5.92 Å². The molecule has 0 unspecified atom stereocenters. The van der Waals surface area contributed by atoms with E-state index in [1.165, 1.54) is 10.9 Å². The molecule has 4 rings (SSSR count). The molecule has 1 amide bonds. The van der Waals surface area contributed by atoms with Crippen LogP contribution >= 0.6 is 0 Å². The summed E-state index contributed by atoms with van der Waals surface area (Å²) in [4.78, 5) is 23.6. The number of ether oxygens (including phenoxy) is 1. The van der Waals surface area contributed by atoms with Crippen LogP contribution in [0.4, 0.5) is 0 Å². The van der Waals surface area contributed by atoms with Crippen molar-refractivity contribution in [3.63, 3.8) is 0 Å². The number of aromatic nitrogens is 2. The number of carbonyl (C=O) groups is 1. The lowest BCUT2D eigenvalue weighted by Gasteiger charge is -2.33. The number of hydrogen-bond acceptors (Lipinski definition) is 4. The number of amides is 1. The first-order valence-corrected chi connectivity index (χ1v) is 9.37. The van der Waals surface area contributed by atoms with E-state index in [2.05, 4.69) is 34.2 Å². The van der Waals surface area contributed by atoms with Crippen molar-refractivity contribution >= 4 is 16.8 Å². The Morgan fingerprint density at radius 3 is 2.85 bits per heavy atom. The SMILES string of the molecule is COc1ncccc1C(=O)N1CCC[C@@H](Cc2cccc3cccnc23)C1. The van der Waals surface area contributed by atoms with Gasteiger partial charge in [0.2, 0.25) is 5.88 Å². The largest absolute Gasteiger partial charge is 0.480 e. The second-order valence-corrected chi connectivity index (χ2v) is 7.02. The van der Waals surface area contributed by atoms with Gasteiger partial charge in [0.15, 0.2) is 0 Å². The van der Waals surface area contributed by atoms with Crippen molar-refractivity contribution in [2.75, 3.05) is 20.2 Å². The number of carbonyl (C=O) groups excluding carboxylic acids is 1. The first-order valence-electron chi connectivity index (χ1n) is 9.37. The number of fused-ring (bicyclic) bond motifs is 1. The molecule has 0 spiro atoms. The summed E-state index contributed by atoms with van der Waals surface area (Å²) in [6.07, 6.45) is 6.55. The van der Waals surface area contributed by atoms with E-state index in [0.717, 1.165) is 37.9 Å².